The smallest absolute Gasteiger partial charge is 0.0154 e. The summed E-state index contributed by atoms with van der Waals surface area (Å²) in [4.78, 5) is 0.715. The van der Waals surface area contributed by atoms with Crippen LogP contribution in [0.15, 0.2) is 24.3 Å². The van der Waals surface area contributed by atoms with Gasteiger partial charge in [0.05, 0.1) is 0 Å². The summed E-state index contributed by atoms with van der Waals surface area (Å²) in [5, 5.41) is 0. The number of alkyl halides is 1. The summed E-state index contributed by atoms with van der Waals surface area (Å²) in [5.74, 6) is 0. The minimum Gasteiger partial charge on any atom is -0.0890 e. The van der Waals surface area contributed by atoms with E-state index < -0.39 is 0 Å². The minimum absolute atomic E-state index is 0.402. The van der Waals surface area contributed by atoms with Crippen molar-refractivity contribution in [1.29, 1.82) is 0 Å². The van der Waals surface area contributed by atoms with E-state index in [0.717, 1.165) is 0 Å². The Hall–Kier alpha value is -0.300. The van der Waals surface area contributed by atoms with Crippen LogP contribution in [0.2, 0.25) is 0 Å². The second-order valence-corrected chi connectivity index (χ2v) is 6.01. The summed E-state index contributed by atoms with van der Waals surface area (Å²) in [7, 11) is 0. The highest BCUT2D eigenvalue weighted by atomic mass is 79.9. The van der Waals surface area contributed by atoms with Gasteiger partial charge in [0.2, 0.25) is 0 Å². The lowest BCUT2D eigenvalue weighted by molar-refractivity contribution is 0.490. The van der Waals surface area contributed by atoms with Crippen LogP contribution >= 0.6 is 15.9 Å². The Kier molecular flexibility index (Phi) is 2.70. The van der Waals surface area contributed by atoms with Crippen molar-refractivity contribution in [3.8, 4) is 0 Å². The summed E-state index contributed by atoms with van der Waals surface area (Å²) >= 11 is 3.74. The van der Waals surface area contributed by atoms with Crippen LogP contribution in [0.1, 0.15) is 37.3 Å². The Balaban J connectivity index is 2.35. The predicted molar refractivity (Wildman–Crippen MR) is 65.1 cm³/mol. The third kappa shape index (κ3) is 1.75. The molecule has 76 valence electrons. The van der Waals surface area contributed by atoms with Crippen molar-refractivity contribution in [3.05, 3.63) is 35.4 Å². The molecule has 2 rings (SSSR count). The van der Waals surface area contributed by atoms with Gasteiger partial charge in [-0.2, -0.15) is 0 Å². The Morgan fingerprint density at radius 3 is 2.64 bits per heavy atom. The molecule has 0 nitrogen and oxygen atoms in total. The fraction of sp³-hybridized carbons (Fsp3) is 0.538. The molecule has 1 saturated carbocycles. The maximum absolute atomic E-state index is 3.74. The molecule has 1 fully saturated rings. The van der Waals surface area contributed by atoms with E-state index in [4.69, 9.17) is 0 Å². The predicted octanol–water partition coefficient (Wildman–Crippen LogP) is 4.20. The highest BCUT2D eigenvalue weighted by Crippen LogP contribution is 2.44. The first-order chi connectivity index (χ1) is 6.62. The fourth-order valence-electron chi connectivity index (χ4n) is 2.66. The molecular formula is C13H17Br. The van der Waals surface area contributed by atoms with E-state index >= 15 is 0 Å². The molecule has 0 bridgehead atoms. The summed E-state index contributed by atoms with van der Waals surface area (Å²) in [6.07, 6.45) is 3.90. The number of hydrogen-bond donors (Lipinski definition) is 0. The quantitative estimate of drug-likeness (QED) is 0.658. The van der Waals surface area contributed by atoms with Gasteiger partial charge >= 0.3 is 0 Å². The zero-order chi connectivity index (χ0) is 10.2. The van der Waals surface area contributed by atoms with E-state index in [9.17, 15) is 0 Å². The van der Waals surface area contributed by atoms with E-state index in [2.05, 4.69) is 54.0 Å². The van der Waals surface area contributed by atoms with Gasteiger partial charge in [-0.05, 0) is 42.7 Å². The lowest BCUT2D eigenvalue weighted by Gasteiger charge is -2.26. The molecule has 0 heterocycles. The van der Waals surface area contributed by atoms with Gasteiger partial charge < -0.3 is 0 Å². The van der Waals surface area contributed by atoms with E-state index in [1.54, 1.807) is 5.56 Å². The van der Waals surface area contributed by atoms with Crippen LogP contribution in [0.25, 0.3) is 0 Å². The molecule has 1 aliphatic carbocycles. The molecule has 1 aromatic rings. The molecular weight excluding hydrogens is 236 g/mol. The summed E-state index contributed by atoms with van der Waals surface area (Å²) in [6, 6.07) is 8.81. The standard InChI is InChI=1S/C13H17Br/c1-10-5-3-4-6-12(10)13(2)8-7-11(14)9-13/h3-6,11H,7-9H2,1-2H3. The number of halogens is 1. The molecule has 0 saturated heterocycles. The molecule has 0 N–H and O–H groups in total. The highest BCUT2D eigenvalue weighted by Gasteiger charge is 2.35. The highest BCUT2D eigenvalue weighted by molar-refractivity contribution is 9.09. The normalized spacial score (nSPS) is 32.1. The number of rotatable bonds is 1. The zero-order valence-corrected chi connectivity index (χ0v) is 10.5. The van der Waals surface area contributed by atoms with Gasteiger partial charge in [0.1, 0.15) is 0 Å². The molecule has 1 aromatic carbocycles. The van der Waals surface area contributed by atoms with Crippen LogP contribution in [0, 0.1) is 6.92 Å². The van der Waals surface area contributed by atoms with E-state index in [1.807, 2.05) is 0 Å². The molecule has 0 amide bonds. The van der Waals surface area contributed by atoms with Crippen molar-refractivity contribution < 1.29 is 0 Å². The minimum atomic E-state index is 0.402. The van der Waals surface area contributed by atoms with Crippen molar-refractivity contribution in [2.45, 2.75) is 43.4 Å². The Morgan fingerprint density at radius 2 is 2.07 bits per heavy atom. The molecule has 14 heavy (non-hydrogen) atoms. The zero-order valence-electron chi connectivity index (χ0n) is 8.89. The van der Waals surface area contributed by atoms with E-state index in [0.29, 0.717) is 10.2 Å². The third-order valence-electron chi connectivity index (χ3n) is 3.48. The average Bonchev–Trinajstić information content (AvgIpc) is 2.48. The van der Waals surface area contributed by atoms with Crippen LogP contribution < -0.4 is 0 Å². The molecule has 0 aliphatic heterocycles. The molecule has 1 aliphatic rings. The van der Waals surface area contributed by atoms with Gasteiger partial charge in [-0.25, -0.2) is 0 Å². The summed E-state index contributed by atoms with van der Waals surface area (Å²) < 4.78 is 0. The fourth-order valence-corrected chi connectivity index (χ4v) is 3.61. The number of aryl methyl sites for hydroxylation is 1. The van der Waals surface area contributed by atoms with Crippen LogP contribution in [-0.4, -0.2) is 4.83 Å². The molecule has 0 radical (unpaired) electrons. The topological polar surface area (TPSA) is 0 Å². The Morgan fingerprint density at radius 1 is 1.36 bits per heavy atom. The Labute approximate surface area is 94.8 Å². The van der Waals surface area contributed by atoms with Crippen molar-refractivity contribution in [2.24, 2.45) is 0 Å². The lowest BCUT2D eigenvalue weighted by atomic mass is 9.79. The van der Waals surface area contributed by atoms with Gasteiger partial charge in [-0.1, -0.05) is 47.1 Å². The summed E-state index contributed by atoms with van der Waals surface area (Å²) in [6.45, 7) is 4.62. The molecule has 0 spiro atoms. The number of hydrogen-bond acceptors (Lipinski definition) is 0. The van der Waals surface area contributed by atoms with Gasteiger partial charge in [-0.15, -0.1) is 0 Å². The maximum atomic E-state index is 3.74. The number of benzene rings is 1. The first kappa shape index (κ1) is 10.2. The second kappa shape index (κ2) is 3.69. The Bertz CT molecular complexity index is 332. The first-order valence-electron chi connectivity index (χ1n) is 5.32. The van der Waals surface area contributed by atoms with Gasteiger partial charge in [0.15, 0.2) is 0 Å². The summed E-state index contributed by atoms with van der Waals surface area (Å²) in [5.41, 5.74) is 3.39. The van der Waals surface area contributed by atoms with Crippen molar-refractivity contribution in [2.75, 3.05) is 0 Å². The lowest BCUT2D eigenvalue weighted by Crippen LogP contribution is -2.19. The SMILES string of the molecule is Cc1ccccc1C1(C)CCC(Br)C1. The molecule has 0 aromatic heterocycles. The van der Waals surface area contributed by atoms with E-state index in [-0.39, 0.29) is 0 Å². The van der Waals surface area contributed by atoms with Crippen LogP contribution in [0.4, 0.5) is 0 Å². The molecule has 1 heteroatoms. The molecule has 2 atom stereocenters. The van der Waals surface area contributed by atoms with Crippen LogP contribution in [0.5, 0.6) is 0 Å². The van der Waals surface area contributed by atoms with Gasteiger partial charge in [0.25, 0.3) is 0 Å². The van der Waals surface area contributed by atoms with E-state index in [1.165, 1.54) is 24.8 Å². The van der Waals surface area contributed by atoms with Crippen LogP contribution in [-0.2, 0) is 5.41 Å². The third-order valence-corrected chi connectivity index (χ3v) is 4.26. The van der Waals surface area contributed by atoms with Crippen molar-refractivity contribution in [1.82, 2.24) is 0 Å². The van der Waals surface area contributed by atoms with Gasteiger partial charge in [0, 0.05) is 4.83 Å². The molecule has 2 unspecified atom stereocenters. The average molecular weight is 253 g/mol. The largest absolute Gasteiger partial charge is 0.0890 e. The first-order valence-corrected chi connectivity index (χ1v) is 6.23. The van der Waals surface area contributed by atoms with Crippen molar-refractivity contribution >= 4 is 15.9 Å². The van der Waals surface area contributed by atoms with Crippen molar-refractivity contribution in [3.63, 3.8) is 0 Å². The second-order valence-electron chi connectivity index (χ2n) is 4.72. The van der Waals surface area contributed by atoms with Gasteiger partial charge in [-0.3, -0.25) is 0 Å². The van der Waals surface area contributed by atoms with Crippen LogP contribution in [0.3, 0.4) is 0 Å². The monoisotopic (exact) mass is 252 g/mol. The maximum Gasteiger partial charge on any atom is 0.0154 e.